The molecule has 0 radical (unpaired) electrons. The highest BCUT2D eigenvalue weighted by Crippen LogP contribution is 2.42. The molecule has 0 aromatic rings. The predicted molar refractivity (Wildman–Crippen MR) is 119 cm³/mol. The number of likely N-dealkylation sites (tertiary alicyclic amines) is 1. The molecule has 1 saturated heterocycles. The van der Waals surface area contributed by atoms with Crippen LogP contribution in [0, 0.1) is 5.41 Å². The first-order valence-corrected chi connectivity index (χ1v) is 11.5. The molecule has 0 spiro atoms. The van der Waals surface area contributed by atoms with Crippen molar-refractivity contribution in [2.75, 3.05) is 39.8 Å². The molecule has 0 aromatic carbocycles. The van der Waals surface area contributed by atoms with E-state index in [9.17, 15) is 4.79 Å². The number of nitrogens with one attached hydrogen (secondary N) is 3. The van der Waals surface area contributed by atoms with E-state index in [0.717, 1.165) is 64.3 Å². The fraction of sp³-hybridized carbons (Fsp3) is 0.909. The van der Waals surface area contributed by atoms with Crippen molar-refractivity contribution in [1.29, 1.82) is 0 Å². The number of guanidine groups is 1. The Labute approximate surface area is 177 Å². The highest BCUT2D eigenvalue weighted by Gasteiger charge is 2.49. The molecule has 2 fully saturated rings. The van der Waals surface area contributed by atoms with Gasteiger partial charge in [-0.05, 0) is 32.1 Å². The van der Waals surface area contributed by atoms with Crippen molar-refractivity contribution in [1.82, 2.24) is 20.9 Å². The van der Waals surface area contributed by atoms with E-state index >= 15 is 0 Å². The third-order valence-electron chi connectivity index (χ3n) is 6.40. The molecule has 2 rings (SSSR count). The van der Waals surface area contributed by atoms with Crippen molar-refractivity contribution in [2.45, 2.75) is 84.4 Å². The molecule has 0 bridgehead atoms. The van der Waals surface area contributed by atoms with Crippen LogP contribution in [0.15, 0.2) is 4.99 Å². The van der Waals surface area contributed by atoms with Crippen LogP contribution in [0.5, 0.6) is 0 Å². The number of carbonyl (C=O) groups excluding carboxylic acids is 1. The molecule has 168 valence electrons. The van der Waals surface area contributed by atoms with Crippen molar-refractivity contribution in [3.05, 3.63) is 0 Å². The normalized spacial score (nSPS) is 25.3. The Morgan fingerprint density at radius 1 is 1.17 bits per heavy atom. The molecule has 2 atom stereocenters. The zero-order valence-electron chi connectivity index (χ0n) is 19.2. The van der Waals surface area contributed by atoms with E-state index in [2.05, 4.69) is 53.5 Å². The van der Waals surface area contributed by atoms with Crippen LogP contribution in [-0.2, 0) is 9.53 Å². The summed E-state index contributed by atoms with van der Waals surface area (Å²) in [6, 6.07) is 0.777. The Balaban J connectivity index is 1.70. The molecule has 1 aliphatic carbocycles. The van der Waals surface area contributed by atoms with Crippen molar-refractivity contribution >= 4 is 11.9 Å². The van der Waals surface area contributed by atoms with Crippen LogP contribution < -0.4 is 16.0 Å². The fourth-order valence-corrected chi connectivity index (χ4v) is 4.07. The zero-order chi connectivity index (χ0) is 21.3. The average Bonchev–Trinajstić information content (AvgIpc) is 2.71. The van der Waals surface area contributed by atoms with Gasteiger partial charge in [0.05, 0.1) is 12.6 Å². The van der Waals surface area contributed by atoms with E-state index in [1.165, 1.54) is 6.42 Å². The lowest BCUT2D eigenvalue weighted by Crippen LogP contribution is -2.64. The number of hydrogen-bond donors (Lipinski definition) is 3. The molecule has 2 unspecified atom stereocenters. The number of rotatable bonds is 10. The van der Waals surface area contributed by atoms with Gasteiger partial charge in [-0.25, -0.2) is 0 Å². The van der Waals surface area contributed by atoms with Gasteiger partial charge in [0.25, 0.3) is 0 Å². The van der Waals surface area contributed by atoms with Crippen molar-refractivity contribution < 1.29 is 9.53 Å². The Hall–Kier alpha value is -1.34. The molecule has 7 heteroatoms. The van der Waals surface area contributed by atoms with Crippen LogP contribution in [0.4, 0.5) is 0 Å². The number of hydrogen-bond acceptors (Lipinski definition) is 4. The Morgan fingerprint density at radius 2 is 1.90 bits per heavy atom. The van der Waals surface area contributed by atoms with Gasteiger partial charge in [-0.2, -0.15) is 0 Å². The summed E-state index contributed by atoms with van der Waals surface area (Å²) in [5.74, 6) is 1.02. The van der Waals surface area contributed by atoms with Gasteiger partial charge in [0, 0.05) is 50.8 Å². The number of carbonyl (C=O) groups is 1. The number of ether oxygens (including phenoxy) is 1. The second-order valence-corrected chi connectivity index (χ2v) is 9.08. The number of unbranched alkanes of at least 4 members (excludes halogenated alkanes) is 1. The Kier molecular flexibility index (Phi) is 9.69. The maximum Gasteiger partial charge on any atom is 0.234 e. The summed E-state index contributed by atoms with van der Waals surface area (Å²) in [5.41, 5.74) is 0.112. The summed E-state index contributed by atoms with van der Waals surface area (Å²) in [5, 5.41) is 10.2. The monoisotopic (exact) mass is 409 g/mol. The van der Waals surface area contributed by atoms with Crippen LogP contribution in [-0.4, -0.2) is 74.8 Å². The molecule has 1 heterocycles. The van der Waals surface area contributed by atoms with E-state index in [-0.39, 0.29) is 11.3 Å². The van der Waals surface area contributed by atoms with Gasteiger partial charge in [-0.1, -0.05) is 34.1 Å². The van der Waals surface area contributed by atoms with E-state index in [0.29, 0.717) is 24.7 Å². The van der Waals surface area contributed by atoms with Crippen LogP contribution in [0.2, 0.25) is 0 Å². The number of aliphatic imine (C=N–C) groups is 1. The molecule has 2 aliphatic rings. The SMILES string of the molecule is CCCCOC1CC(NC(=NC)NC2CCN(CC(=O)NCCC)CC2)C1(C)C. The van der Waals surface area contributed by atoms with Gasteiger partial charge >= 0.3 is 0 Å². The van der Waals surface area contributed by atoms with E-state index in [1.807, 2.05) is 7.05 Å². The number of piperidine rings is 1. The van der Waals surface area contributed by atoms with Crippen molar-refractivity contribution in [2.24, 2.45) is 10.4 Å². The van der Waals surface area contributed by atoms with Crippen LogP contribution in [0.3, 0.4) is 0 Å². The maximum absolute atomic E-state index is 11.9. The molecule has 1 saturated carbocycles. The van der Waals surface area contributed by atoms with Crippen molar-refractivity contribution in [3.63, 3.8) is 0 Å². The molecular formula is C22H43N5O2. The van der Waals surface area contributed by atoms with Gasteiger partial charge < -0.3 is 20.7 Å². The molecule has 1 aliphatic heterocycles. The predicted octanol–water partition coefficient (Wildman–Crippen LogP) is 2.13. The van der Waals surface area contributed by atoms with Gasteiger partial charge in [0.15, 0.2) is 5.96 Å². The summed E-state index contributed by atoms with van der Waals surface area (Å²) in [4.78, 5) is 18.6. The second kappa shape index (κ2) is 11.7. The first-order chi connectivity index (χ1) is 13.9. The molecule has 1 amide bonds. The highest BCUT2D eigenvalue weighted by atomic mass is 16.5. The summed E-state index contributed by atoms with van der Waals surface area (Å²) in [7, 11) is 1.84. The molecule has 29 heavy (non-hydrogen) atoms. The van der Waals surface area contributed by atoms with Crippen LogP contribution in [0.25, 0.3) is 0 Å². The van der Waals surface area contributed by atoms with Gasteiger partial charge in [0.1, 0.15) is 0 Å². The lowest BCUT2D eigenvalue weighted by atomic mass is 9.64. The quantitative estimate of drug-likeness (QED) is 0.293. The van der Waals surface area contributed by atoms with E-state index in [1.54, 1.807) is 0 Å². The molecule has 7 nitrogen and oxygen atoms in total. The summed E-state index contributed by atoms with van der Waals surface area (Å²) >= 11 is 0. The van der Waals surface area contributed by atoms with Gasteiger partial charge in [-0.15, -0.1) is 0 Å². The Morgan fingerprint density at radius 3 is 2.48 bits per heavy atom. The first kappa shape index (κ1) is 23.9. The fourth-order valence-electron chi connectivity index (χ4n) is 4.07. The summed E-state index contributed by atoms with van der Waals surface area (Å²) in [6.07, 6.45) is 6.69. The molecule has 3 N–H and O–H groups in total. The summed E-state index contributed by atoms with van der Waals surface area (Å²) < 4.78 is 6.06. The number of amides is 1. The zero-order valence-corrected chi connectivity index (χ0v) is 19.2. The maximum atomic E-state index is 11.9. The van der Waals surface area contributed by atoms with E-state index in [4.69, 9.17) is 4.74 Å². The third-order valence-corrected chi connectivity index (χ3v) is 6.40. The topological polar surface area (TPSA) is 78.0 Å². The molecule has 0 aromatic heterocycles. The standard InChI is InChI=1S/C22H43N5O2/c1-6-8-14-29-19-15-18(22(19,3)4)26-21(23-5)25-17-9-12-27(13-10-17)16-20(28)24-11-7-2/h17-19H,6-16H2,1-5H3,(H,24,28)(H2,23,25,26). The number of nitrogens with zero attached hydrogens (tertiary/aromatic N) is 2. The minimum atomic E-state index is 0.112. The minimum Gasteiger partial charge on any atom is -0.378 e. The highest BCUT2D eigenvalue weighted by molar-refractivity contribution is 5.80. The van der Waals surface area contributed by atoms with Crippen LogP contribution >= 0.6 is 0 Å². The average molecular weight is 410 g/mol. The van der Waals surface area contributed by atoms with Crippen molar-refractivity contribution in [3.8, 4) is 0 Å². The molecular weight excluding hydrogens is 366 g/mol. The lowest BCUT2D eigenvalue weighted by Gasteiger charge is -2.52. The largest absolute Gasteiger partial charge is 0.378 e. The van der Waals surface area contributed by atoms with Gasteiger partial charge in [-0.3, -0.25) is 14.7 Å². The minimum absolute atomic E-state index is 0.112. The lowest BCUT2D eigenvalue weighted by molar-refractivity contribution is -0.122. The first-order valence-electron chi connectivity index (χ1n) is 11.5. The Bertz CT molecular complexity index is 529. The van der Waals surface area contributed by atoms with E-state index < -0.39 is 0 Å². The van der Waals surface area contributed by atoms with Crippen LogP contribution in [0.1, 0.15) is 66.2 Å². The summed E-state index contributed by atoms with van der Waals surface area (Å²) in [6.45, 7) is 12.8. The second-order valence-electron chi connectivity index (χ2n) is 9.08. The van der Waals surface area contributed by atoms with Gasteiger partial charge in [0.2, 0.25) is 5.91 Å². The third kappa shape index (κ3) is 7.14. The smallest absolute Gasteiger partial charge is 0.234 e.